The van der Waals surface area contributed by atoms with Gasteiger partial charge in [-0.05, 0) is 63.3 Å². The fourth-order valence-corrected chi connectivity index (χ4v) is 2.83. The normalized spacial score (nSPS) is 19.4. The van der Waals surface area contributed by atoms with Gasteiger partial charge in [0.2, 0.25) is 0 Å². The van der Waals surface area contributed by atoms with E-state index < -0.39 is 0 Å². The van der Waals surface area contributed by atoms with Gasteiger partial charge in [0.1, 0.15) is 0 Å². The van der Waals surface area contributed by atoms with Crippen LogP contribution in [0.4, 0.5) is 5.69 Å². The molecule has 0 aliphatic carbocycles. The minimum atomic E-state index is -0.355. The van der Waals surface area contributed by atoms with E-state index in [1.54, 1.807) is 12.1 Å². The van der Waals surface area contributed by atoms with Crippen LogP contribution in [0.25, 0.3) is 0 Å². The van der Waals surface area contributed by atoms with Crippen LogP contribution in [0.1, 0.15) is 43.6 Å². The Hall–Kier alpha value is -1.46. The first kappa shape index (κ1) is 15.9. The van der Waals surface area contributed by atoms with Crippen molar-refractivity contribution in [2.75, 3.05) is 26.2 Å². The number of nitrogens with zero attached hydrogens (tertiary/aromatic N) is 1. The highest BCUT2D eigenvalue weighted by atomic mass is 16.6. The Morgan fingerprint density at radius 2 is 1.48 bits per heavy atom. The summed E-state index contributed by atoms with van der Waals surface area (Å²) in [6, 6.07) is 6.96. The van der Waals surface area contributed by atoms with E-state index in [0.717, 1.165) is 25.9 Å². The number of hydrogen-bond acceptors (Lipinski definition) is 4. The van der Waals surface area contributed by atoms with Gasteiger partial charge in [-0.1, -0.05) is 18.6 Å². The van der Waals surface area contributed by atoms with Crippen LogP contribution < -0.4 is 10.6 Å². The first-order valence-electron chi connectivity index (χ1n) is 7.93. The van der Waals surface area contributed by atoms with E-state index in [1.807, 2.05) is 12.1 Å². The maximum absolute atomic E-state index is 10.5. The van der Waals surface area contributed by atoms with Gasteiger partial charge in [0.25, 0.3) is 5.69 Å². The van der Waals surface area contributed by atoms with Crippen molar-refractivity contribution < 1.29 is 4.92 Å². The summed E-state index contributed by atoms with van der Waals surface area (Å²) in [4.78, 5) is 10.1. The zero-order chi connectivity index (χ0) is 14.9. The molecular formula is C16H25N3O2. The lowest BCUT2D eigenvalue weighted by Crippen LogP contribution is -2.26. The minimum absolute atomic E-state index is 0.174. The number of nitro groups is 1. The van der Waals surface area contributed by atoms with Crippen LogP contribution in [-0.2, 0) is 0 Å². The summed E-state index contributed by atoms with van der Waals surface area (Å²) in [6.45, 7) is 4.59. The van der Waals surface area contributed by atoms with E-state index in [9.17, 15) is 10.1 Å². The summed E-state index contributed by atoms with van der Waals surface area (Å²) >= 11 is 0. The van der Waals surface area contributed by atoms with Crippen molar-refractivity contribution in [2.24, 2.45) is 0 Å². The third kappa shape index (κ3) is 5.44. The van der Waals surface area contributed by atoms with Crippen LogP contribution in [0.2, 0.25) is 0 Å². The first-order chi connectivity index (χ1) is 10.3. The molecule has 0 amide bonds. The highest BCUT2D eigenvalue weighted by Crippen LogP contribution is 2.26. The zero-order valence-corrected chi connectivity index (χ0v) is 12.5. The van der Waals surface area contributed by atoms with Crippen molar-refractivity contribution in [3.8, 4) is 0 Å². The quantitative estimate of drug-likeness (QED) is 0.649. The average molecular weight is 291 g/mol. The summed E-state index contributed by atoms with van der Waals surface area (Å²) in [5.41, 5.74) is 1.40. The Balaban J connectivity index is 0.000000225. The smallest absolute Gasteiger partial charge is 0.269 e. The number of benzene rings is 1. The second-order valence-corrected chi connectivity index (χ2v) is 5.68. The van der Waals surface area contributed by atoms with Crippen LogP contribution >= 0.6 is 0 Å². The summed E-state index contributed by atoms with van der Waals surface area (Å²) in [5, 5.41) is 17.1. The molecule has 1 aromatic carbocycles. The number of nitro benzene ring substituents is 1. The molecule has 0 atom stereocenters. The molecule has 116 valence electrons. The monoisotopic (exact) mass is 291 g/mol. The van der Waals surface area contributed by atoms with Gasteiger partial charge >= 0.3 is 0 Å². The molecule has 5 heteroatoms. The van der Waals surface area contributed by atoms with E-state index in [1.165, 1.54) is 37.9 Å². The van der Waals surface area contributed by atoms with E-state index in [-0.39, 0.29) is 10.6 Å². The van der Waals surface area contributed by atoms with Gasteiger partial charge in [-0.15, -0.1) is 0 Å². The molecule has 21 heavy (non-hydrogen) atoms. The van der Waals surface area contributed by atoms with Crippen molar-refractivity contribution in [3.05, 3.63) is 39.9 Å². The Morgan fingerprint density at radius 1 is 0.905 bits per heavy atom. The summed E-state index contributed by atoms with van der Waals surface area (Å²) < 4.78 is 0. The molecule has 2 N–H and O–H groups in total. The summed E-state index contributed by atoms with van der Waals surface area (Å²) in [7, 11) is 0. The molecule has 2 saturated heterocycles. The van der Waals surface area contributed by atoms with Crippen LogP contribution in [0, 0.1) is 10.1 Å². The molecule has 0 bridgehead atoms. The van der Waals surface area contributed by atoms with Gasteiger partial charge in [0, 0.05) is 12.1 Å². The van der Waals surface area contributed by atoms with Gasteiger partial charge in [0.05, 0.1) is 4.92 Å². The lowest BCUT2D eigenvalue weighted by Gasteiger charge is -2.22. The van der Waals surface area contributed by atoms with Crippen molar-refractivity contribution in [2.45, 2.75) is 38.0 Å². The molecule has 0 saturated carbocycles. The molecule has 0 radical (unpaired) electrons. The molecule has 3 rings (SSSR count). The molecule has 0 unspecified atom stereocenters. The molecule has 2 heterocycles. The average Bonchev–Trinajstić information content (AvgIpc) is 2.58. The standard InChI is InChI=1S/C11H14N2O2.C5H11N/c14-13(15)11-3-1-9(2-4-11)10-5-7-12-8-6-10;1-2-4-6-5-3-1/h1-4,10,12H,5-8H2;6H,1-5H2. The van der Waals surface area contributed by atoms with Crippen LogP contribution in [0.5, 0.6) is 0 Å². The second kappa shape index (κ2) is 8.74. The Kier molecular flexibility index (Phi) is 6.63. The van der Waals surface area contributed by atoms with Gasteiger partial charge in [0.15, 0.2) is 0 Å². The summed E-state index contributed by atoms with van der Waals surface area (Å²) in [5.74, 6) is 0.562. The first-order valence-corrected chi connectivity index (χ1v) is 7.93. The number of nitrogens with one attached hydrogen (secondary N) is 2. The largest absolute Gasteiger partial charge is 0.317 e. The van der Waals surface area contributed by atoms with Gasteiger partial charge in [-0.2, -0.15) is 0 Å². The van der Waals surface area contributed by atoms with E-state index in [0.29, 0.717) is 5.92 Å². The van der Waals surface area contributed by atoms with Crippen molar-refractivity contribution in [1.82, 2.24) is 10.6 Å². The Bertz CT molecular complexity index is 412. The maximum Gasteiger partial charge on any atom is 0.269 e. The topological polar surface area (TPSA) is 67.2 Å². The highest BCUT2D eigenvalue weighted by Gasteiger charge is 2.15. The third-order valence-corrected chi connectivity index (χ3v) is 4.12. The Morgan fingerprint density at radius 3 is 1.90 bits per heavy atom. The number of piperidine rings is 2. The van der Waals surface area contributed by atoms with Crippen molar-refractivity contribution >= 4 is 5.69 Å². The molecule has 2 aliphatic rings. The van der Waals surface area contributed by atoms with E-state index in [4.69, 9.17) is 0 Å². The van der Waals surface area contributed by atoms with Crippen molar-refractivity contribution in [1.29, 1.82) is 0 Å². The molecule has 2 aliphatic heterocycles. The Labute approximate surface area is 126 Å². The lowest BCUT2D eigenvalue weighted by molar-refractivity contribution is -0.384. The summed E-state index contributed by atoms with van der Waals surface area (Å²) in [6.07, 6.45) is 6.46. The molecular weight excluding hydrogens is 266 g/mol. The maximum atomic E-state index is 10.5. The number of rotatable bonds is 2. The number of hydrogen-bond donors (Lipinski definition) is 2. The SMILES string of the molecule is C1CCNCC1.O=[N+]([O-])c1ccc(C2CCNCC2)cc1. The predicted molar refractivity (Wildman–Crippen MR) is 84.7 cm³/mol. The van der Waals surface area contributed by atoms with Gasteiger partial charge < -0.3 is 10.6 Å². The molecule has 1 aromatic rings. The fraction of sp³-hybridized carbons (Fsp3) is 0.625. The van der Waals surface area contributed by atoms with Crippen LogP contribution in [0.3, 0.4) is 0 Å². The molecule has 5 nitrogen and oxygen atoms in total. The van der Waals surface area contributed by atoms with Gasteiger partial charge in [-0.3, -0.25) is 10.1 Å². The van der Waals surface area contributed by atoms with Crippen LogP contribution in [-0.4, -0.2) is 31.1 Å². The fourth-order valence-electron chi connectivity index (χ4n) is 2.83. The highest BCUT2D eigenvalue weighted by molar-refractivity contribution is 5.34. The molecule has 2 fully saturated rings. The molecule has 0 spiro atoms. The predicted octanol–water partition coefficient (Wildman–Crippen LogP) is 2.82. The van der Waals surface area contributed by atoms with Gasteiger partial charge in [-0.25, -0.2) is 0 Å². The third-order valence-electron chi connectivity index (χ3n) is 4.12. The van der Waals surface area contributed by atoms with E-state index >= 15 is 0 Å². The minimum Gasteiger partial charge on any atom is -0.317 e. The van der Waals surface area contributed by atoms with E-state index in [2.05, 4.69) is 10.6 Å². The van der Waals surface area contributed by atoms with Crippen LogP contribution in [0.15, 0.2) is 24.3 Å². The zero-order valence-electron chi connectivity index (χ0n) is 12.5. The molecule has 0 aromatic heterocycles. The lowest BCUT2D eigenvalue weighted by atomic mass is 9.90. The number of non-ortho nitro benzene ring substituents is 1. The second-order valence-electron chi connectivity index (χ2n) is 5.68. The van der Waals surface area contributed by atoms with Crippen molar-refractivity contribution in [3.63, 3.8) is 0 Å².